The van der Waals surface area contributed by atoms with E-state index >= 15 is 0 Å². The average Bonchev–Trinajstić information content (AvgIpc) is 3.01. The molecule has 134 valence electrons. The zero-order valence-corrected chi connectivity index (χ0v) is 14.6. The van der Waals surface area contributed by atoms with Crippen LogP contribution in [0.1, 0.15) is 30.4 Å². The first-order valence-corrected chi connectivity index (χ1v) is 8.85. The number of aromatic nitrogens is 2. The fraction of sp³-hybridized carbons (Fsp3) is 0.474. The van der Waals surface area contributed by atoms with E-state index in [0.29, 0.717) is 18.2 Å². The molecule has 3 rings (SSSR count). The molecule has 1 unspecified atom stereocenters. The smallest absolute Gasteiger partial charge is 0.234 e. The fourth-order valence-electron chi connectivity index (χ4n) is 3.33. The van der Waals surface area contributed by atoms with Crippen LogP contribution in [0.5, 0.6) is 0 Å². The zero-order valence-electron chi connectivity index (χ0n) is 14.6. The van der Waals surface area contributed by atoms with Gasteiger partial charge in [0.1, 0.15) is 5.82 Å². The molecule has 1 atom stereocenters. The van der Waals surface area contributed by atoms with E-state index < -0.39 is 0 Å². The van der Waals surface area contributed by atoms with Crippen LogP contribution in [0, 0.1) is 12.7 Å². The minimum atomic E-state index is -0.285. The van der Waals surface area contributed by atoms with Crippen molar-refractivity contribution in [2.75, 3.05) is 13.1 Å². The lowest BCUT2D eigenvalue weighted by Crippen LogP contribution is -2.47. The summed E-state index contributed by atoms with van der Waals surface area (Å²) in [5.41, 5.74) is 1.66. The Morgan fingerprint density at radius 2 is 2.20 bits per heavy atom. The number of hydrogen-bond donors (Lipinski definition) is 1. The molecule has 6 heteroatoms. The second-order valence-corrected chi connectivity index (χ2v) is 6.73. The molecule has 0 radical (unpaired) electrons. The second-order valence-electron chi connectivity index (χ2n) is 6.73. The van der Waals surface area contributed by atoms with Crippen LogP contribution in [0.2, 0.25) is 0 Å². The van der Waals surface area contributed by atoms with E-state index in [4.69, 9.17) is 0 Å². The average molecular weight is 344 g/mol. The second kappa shape index (κ2) is 8.25. The lowest BCUT2D eigenvalue weighted by Gasteiger charge is -2.35. The minimum absolute atomic E-state index is 0.0631. The molecule has 1 saturated heterocycles. The third-order valence-electron chi connectivity index (χ3n) is 4.69. The maximum absolute atomic E-state index is 13.6. The predicted molar refractivity (Wildman–Crippen MR) is 94.4 cm³/mol. The highest BCUT2D eigenvalue weighted by atomic mass is 19.1. The third kappa shape index (κ3) is 4.89. The summed E-state index contributed by atoms with van der Waals surface area (Å²) in [7, 11) is 0. The summed E-state index contributed by atoms with van der Waals surface area (Å²) < 4.78 is 15.6. The fourth-order valence-corrected chi connectivity index (χ4v) is 3.33. The molecule has 0 aliphatic carbocycles. The van der Waals surface area contributed by atoms with Gasteiger partial charge in [-0.05, 0) is 37.9 Å². The molecule has 0 spiro atoms. The number of halogens is 1. The van der Waals surface area contributed by atoms with Gasteiger partial charge in [0.15, 0.2) is 0 Å². The van der Waals surface area contributed by atoms with Crippen LogP contribution in [0.4, 0.5) is 4.39 Å². The monoisotopic (exact) mass is 344 g/mol. The van der Waals surface area contributed by atoms with Gasteiger partial charge in [-0.1, -0.05) is 24.6 Å². The molecule has 1 aromatic heterocycles. The molecule has 1 aliphatic heterocycles. The molecular weight excluding hydrogens is 319 g/mol. The van der Waals surface area contributed by atoms with Crippen LogP contribution in [-0.2, 0) is 17.9 Å². The van der Waals surface area contributed by atoms with E-state index in [-0.39, 0.29) is 18.3 Å². The molecule has 1 aromatic carbocycles. The van der Waals surface area contributed by atoms with E-state index in [9.17, 15) is 9.18 Å². The van der Waals surface area contributed by atoms with Crippen molar-refractivity contribution in [1.82, 2.24) is 20.0 Å². The van der Waals surface area contributed by atoms with E-state index in [2.05, 4.69) is 15.3 Å². The number of amides is 1. The summed E-state index contributed by atoms with van der Waals surface area (Å²) >= 11 is 0. The highest BCUT2D eigenvalue weighted by Crippen LogP contribution is 2.18. The van der Waals surface area contributed by atoms with E-state index in [0.717, 1.165) is 31.5 Å². The molecule has 1 aliphatic rings. The van der Waals surface area contributed by atoms with Crippen molar-refractivity contribution in [3.05, 3.63) is 53.6 Å². The Kier molecular flexibility index (Phi) is 5.81. The van der Waals surface area contributed by atoms with Gasteiger partial charge in [-0.2, -0.15) is 5.10 Å². The highest BCUT2D eigenvalue weighted by molar-refractivity contribution is 5.78. The molecule has 25 heavy (non-hydrogen) atoms. The quantitative estimate of drug-likeness (QED) is 0.876. The van der Waals surface area contributed by atoms with Gasteiger partial charge in [0.25, 0.3) is 0 Å². The van der Waals surface area contributed by atoms with Gasteiger partial charge in [-0.25, -0.2) is 4.39 Å². The van der Waals surface area contributed by atoms with Gasteiger partial charge in [-0.15, -0.1) is 0 Å². The Balaban J connectivity index is 1.53. The number of hydrogen-bond acceptors (Lipinski definition) is 3. The SMILES string of the molecule is Cc1cnn(CC2CCCCN2CC(=O)NCc2ccccc2F)c1. The van der Waals surface area contributed by atoms with Crippen molar-refractivity contribution in [3.8, 4) is 0 Å². The van der Waals surface area contributed by atoms with Crippen molar-refractivity contribution >= 4 is 5.91 Å². The number of benzene rings is 1. The van der Waals surface area contributed by atoms with Crippen molar-refractivity contribution in [2.24, 2.45) is 0 Å². The Bertz CT molecular complexity index is 715. The zero-order chi connectivity index (χ0) is 17.6. The van der Waals surface area contributed by atoms with Crippen molar-refractivity contribution in [3.63, 3.8) is 0 Å². The normalized spacial score (nSPS) is 18.2. The molecular formula is C19H25FN4O. The minimum Gasteiger partial charge on any atom is -0.351 e. The molecule has 5 nitrogen and oxygen atoms in total. The Hall–Kier alpha value is -2.21. The molecule has 2 aromatic rings. The molecule has 1 N–H and O–H groups in total. The Morgan fingerprint density at radius 3 is 2.96 bits per heavy atom. The molecule has 1 amide bonds. The Labute approximate surface area is 147 Å². The maximum atomic E-state index is 13.6. The van der Waals surface area contributed by atoms with Gasteiger partial charge < -0.3 is 5.32 Å². The summed E-state index contributed by atoms with van der Waals surface area (Å²) in [6, 6.07) is 6.84. The van der Waals surface area contributed by atoms with Crippen LogP contribution in [0.25, 0.3) is 0 Å². The largest absolute Gasteiger partial charge is 0.351 e. The van der Waals surface area contributed by atoms with Gasteiger partial charge in [0.2, 0.25) is 5.91 Å². The number of piperidine rings is 1. The van der Waals surface area contributed by atoms with Crippen LogP contribution in [0.3, 0.4) is 0 Å². The first kappa shape index (κ1) is 17.6. The molecule has 0 bridgehead atoms. The van der Waals surface area contributed by atoms with Crippen LogP contribution >= 0.6 is 0 Å². The van der Waals surface area contributed by atoms with Gasteiger partial charge in [0.05, 0.1) is 19.3 Å². The summed E-state index contributed by atoms with van der Waals surface area (Å²) in [5, 5.41) is 7.19. The van der Waals surface area contributed by atoms with Crippen molar-refractivity contribution < 1.29 is 9.18 Å². The first-order valence-electron chi connectivity index (χ1n) is 8.85. The van der Waals surface area contributed by atoms with Gasteiger partial charge in [-0.3, -0.25) is 14.4 Å². The maximum Gasteiger partial charge on any atom is 0.234 e. The summed E-state index contributed by atoms with van der Waals surface area (Å²) in [6.45, 7) is 4.31. The standard InChI is InChI=1S/C19H25FN4O/c1-15-10-22-24(12-15)13-17-7-4-5-9-23(17)14-19(25)21-11-16-6-2-3-8-18(16)20/h2-3,6,8,10,12,17H,4-5,7,9,11,13-14H2,1H3,(H,21,25). The lowest BCUT2D eigenvalue weighted by molar-refractivity contribution is -0.123. The van der Waals surface area contributed by atoms with Crippen LogP contribution in [-0.4, -0.2) is 39.7 Å². The number of likely N-dealkylation sites (tertiary alicyclic amines) is 1. The number of aryl methyl sites for hydroxylation is 1. The number of carbonyl (C=O) groups is 1. The molecule has 2 heterocycles. The topological polar surface area (TPSA) is 50.2 Å². The van der Waals surface area contributed by atoms with Crippen LogP contribution < -0.4 is 5.32 Å². The summed E-state index contributed by atoms with van der Waals surface area (Å²) in [4.78, 5) is 14.5. The van der Waals surface area contributed by atoms with E-state index in [1.807, 2.05) is 24.0 Å². The third-order valence-corrected chi connectivity index (χ3v) is 4.69. The lowest BCUT2D eigenvalue weighted by atomic mass is 10.0. The van der Waals surface area contributed by atoms with Gasteiger partial charge in [0, 0.05) is 24.3 Å². The van der Waals surface area contributed by atoms with Crippen LogP contribution in [0.15, 0.2) is 36.7 Å². The first-order chi connectivity index (χ1) is 12.1. The van der Waals surface area contributed by atoms with Crippen molar-refractivity contribution in [1.29, 1.82) is 0 Å². The molecule has 1 fully saturated rings. The number of nitrogens with zero attached hydrogens (tertiary/aromatic N) is 3. The Morgan fingerprint density at radius 1 is 1.36 bits per heavy atom. The summed E-state index contributed by atoms with van der Waals surface area (Å²) in [6.07, 6.45) is 7.24. The summed E-state index contributed by atoms with van der Waals surface area (Å²) in [5.74, 6) is -0.348. The van der Waals surface area contributed by atoms with E-state index in [1.165, 1.54) is 12.5 Å². The number of nitrogens with one attached hydrogen (secondary N) is 1. The van der Waals surface area contributed by atoms with Gasteiger partial charge >= 0.3 is 0 Å². The number of carbonyl (C=O) groups excluding carboxylic acids is 1. The predicted octanol–water partition coefficient (Wildman–Crippen LogP) is 2.50. The highest BCUT2D eigenvalue weighted by Gasteiger charge is 2.24. The molecule has 0 saturated carbocycles. The van der Waals surface area contributed by atoms with E-state index in [1.54, 1.807) is 18.2 Å². The van der Waals surface area contributed by atoms with Crippen molar-refractivity contribution in [2.45, 2.75) is 45.3 Å². The number of rotatable bonds is 6.